The van der Waals surface area contributed by atoms with Crippen LogP contribution in [-0.2, 0) is 11.3 Å². The molecule has 0 aliphatic carbocycles. The average Bonchev–Trinajstić information content (AvgIpc) is 2.52. The van der Waals surface area contributed by atoms with Crippen LogP contribution in [0, 0.1) is 0 Å². The molecule has 0 heterocycles. The fourth-order valence-electron chi connectivity index (χ4n) is 1.83. The summed E-state index contributed by atoms with van der Waals surface area (Å²) in [6.07, 6.45) is -0.545. The van der Waals surface area contributed by atoms with Crippen LogP contribution in [0.4, 0.5) is 4.79 Å². The molecule has 0 saturated heterocycles. The molecule has 4 nitrogen and oxygen atoms in total. The van der Waals surface area contributed by atoms with Gasteiger partial charge in [-0.3, -0.25) is 0 Å². The zero-order chi connectivity index (χ0) is 14.2. The Bertz CT molecular complexity index is 528. The molecule has 0 aliphatic heterocycles. The molecular weight excluding hydrogens is 254 g/mol. The summed E-state index contributed by atoms with van der Waals surface area (Å²) in [5, 5.41) is 12.0. The SMILES string of the molecule is O=C(NC(CO)c1ccccc1)OCc1ccccc1. The maximum Gasteiger partial charge on any atom is 0.408 e. The Balaban J connectivity index is 1.87. The standard InChI is InChI=1S/C16H17NO3/c18-11-15(14-9-5-2-6-10-14)17-16(19)20-12-13-7-3-1-4-8-13/h1-10,15,18H,11-12H2,(H,17,19). The molecule has 0 aromatic heterocycles. The molecule has 1 unspecified atom stereocenters. The van der Waals surface area contributed by atoms with Crippen molar-refractivity contribution < 1.29 is 14.6 Å². The van der Waals surface area contributed by atoms with Crippen LogP contribution in [0.5, 0.6) is 0 Å². The Kier molecular flexibility index (Phi) is 5.15. The highest BCUT2D eigenvalue weighted by Crippen LogP contribution is 2.12. The molecule has 2 N–H and O–H groups in total. The number of alkyl carbamates (subject to hydrolysis) is 1. The van der Waals surface area contributed by atoms with E-state index in [4.69, 9.17) is 4.74 Å². The molecule has 0 bridgehead atoms. The predicted molar refractivity (Wildman–Crippen MR) is 76.0 cm³/mol. The lowest BCUT2D eigenvalue weighted by molar-refractivity contribution is 0.129. The molecular formula is C16H17NO3. The van der Waals surface area contributed by atoms with E-state index in [0.29, 0.717) is 0 Å². The number of hydrogen-bond acceptors (Lipinski definition) is 3. The molecule has 1 atom stereocenters. The average molecular weight is 271 g/mol. The summed E-state index contributed by atoms with van der Waals surface area (Å²) in [6, 6.07) is 18.3. The van der Waals surface area contributed by atoms with Gasteiger partial charge >= 0.3 is 6.09 Å². The van der Waals surface area contributed by atoms with Crippen LogP contribution >= 0.6 is 0 Å². The van der Waals surface area contributed by atoms with Crippen molar-refractivity contribution in [2.24, 2.45) is 0 Å². The number of benzene rings is 2. The fraction of sp³-hybridized carbons (Fsp3) is 0.188. The van der Waals surface area contributed by atoms with Gasteiger partial charge < -0.3 is 15.2 Å². The first-order valence-corrected chi connectivity index (χ1v) is 6.42. The summed E-state index contributed by atoms with van der Waals surface area (Å²) in [6.45, 7) is 0.0318. The Morgan fingerprint density at radius 3 is 2.25 bits per heavy atom. The zero-order valence-electron chi connectivity index (χ0n) is 11.0. The first kappa shape index (κ1) is 14.1. The molecule has 2 rings (SSSR count). The number of carbonyl (C=O) groups excluding carboxylic acids is 1. The van der Waals surface area contributed by atoms with E-state index in [1.165, 1.54) is 0 Å². The van der Waals surface area contributed by atoms with Crippen molar-refractivity contribution >= 4 is 6.09 Å². The summed E-state index contributed by atoms with van der Waals surface area (Å²) in [7, 11) is 0. The number of ether oxygens (including phenoxy) is 1. The molecule has 1 amide bonds. The molecule has 0 saturated carbocycles. The topological polar surface area (TPSA) is 58.6 Å². The van der Waals surface area contributed by atoms with Gasteiger partial charge in [0.05, 0.1) is 12.6 Å². The zero-order valence-corrected chi connectivity index (χ0v) is 11.0. The minimum atomic E-state index is -0.545. The Labute approximate surface area is 118 Å². The van der Waals surface area contributed by atoms with Gasteiger partial charge in [-0.1, -0.05) is 60.7 Å². The van der Waals surface area contributed by atoms with Crippen molar-refractivity contribution in [2.75, 3.05) is 6.61 Å². The van der Waals surface area contributed by atoms with Gasteiger partial charge in [-0.25, -0.2) is 4.79 Å². The minimum Gasteiger partial charge on any atom is -0.445 e. The van der Waals surface area contributed by atoms with Crippen molar-refractivity contribution in [1.82, 2.24) is 5.32 Å². The van der Waals surface area contributed by atoms with Crippen molar-refractivity contribution in [3.05, 3.63) is 71.8 Å². The van der Waals surface area contributed by atoms with Crippen LogP contribution in [0.25, 0.3) is 0 Å². The largest absolute Gasteiger partial charge is 0.445 e. The van der Waals surface area contributed by atoms with E-state index in [2.05, 4.69) is 5.32 Å². The normalized spacial score (nSPS) is 11.7. The summed E-state index contributed by atoms with van der Waals surface area (Å²) in [5.74, 6) is 0. The van der Waals surface area contributed by atoms with Crippen molar-refractivity contribution in [3.63, 3.8) is 0 Å². The van der Waals surface area contributed by atoms with Gasteiger partial charge in [0.25, 0.3) is 0 Å². The monoisotopic (exact) mass is 271 g/mol. The number of amides is 1. The van der Waals surface area contributed by atoms with Gasteiger partial charge in [-0.15, -0.1) is 0 Å². The van der Waals surface area contributed by atoms with Gasteiger partial charge in [0, 0.05) is 0 Å². The van der Waals surface area contributed by atoms with Gasteiger partial charge in [0.1, 0.15) is 6.61 Å². The highest BCUT2D eigenvalue weighted by atomic mass is 16.5. The lowest BCUT2D eigenvalue weighted by Gasteiger charge is -2.16. The number of hydrogen-bond donors (Lipinski definition) is 2. The van der Waals surface area contributed by atoms with Crippen LogP contribution in [0.3, 0.4) is 0 Å². The van der Waals surface area contributed by atoms with Crippen LogP contribution < -0.4 is 5.32 Å². The Morgan fingerprint density at radius 1 is 1.05 bits per heavy atom. The highest BCUT2D eigenvalue weighted by Gasteiger charge is 2.13. The fourth-order valence-corrected chi connectivity index (χ4v) is 1.83. The molecule has 104 valence electrons. The van der Waals surface area contributed by atoms with Gasteiger partial charge in [-0.2, -0.15) is 0 Å². The van der Waals surface area contributed by atoms with E-state index in [9.17, 15) is 9.90 Å². The number of nitrogens with one attached hydrogen (secondary N) is 1. The second-order valence-corrected chi connectivity index (χ2v) is 4.35. The summed E-state index contributed by atoms with van der Waals surface area (Å²) >= 11 is 0. The highest BCUT2D eigenvalue weighted by molar-refractivity contribution is 5.68. The molecule has 0 radical (unpaired) electrons. The third-order valence-corrected chi connectivity index (χ3v) is 2.89. The molecule has 2 aromatic rings. The van der Waals surface area contributed by atoms with Gasteiger partial charge in [-0.05, 0) is 11.1 Å². The molecule has 0 aliphatic rings. The molecule has 4 heteroatoms. The second kappa shape index (κ2) is 7.31. The number of rotatable bonds is 5. The van der Waals surface area contributed by atoms with E-state index in [1.54, 1.807) is 0 Å². The van der Waals surface area contributed by atoms with E-state index in [-0.39, 0.29) is 13.2 Å². The van der Waals surface area contributed by atoms with E-state index < -0.39 is 12.1 Å². The first-order chi connectivity index (χ1) is 9.79. The third-order valence-electron chi connectivity index (χ3n) is 2.89. The van der Waals surface area contributed by atoms with Crippen molar-refractivity contribution in [2.45, 2.75) is 12.6 Å². The number of aliphatic hydroxyl groups excluding tert-OH is 1. The number of carbonyl (C=O) groups is 1. The van der Waals surface area contributed by atoms with Gasteiger partial charge in [0.2, 0.25) is 0 Å². The lowest BCUT2D eigenvalue weighted by atomic mass is 10.1. The van der Waals surface area contributed by atoms with E-state index in [0.717, 1.165) is 11.1 Å². The molecule has 0 fully saturated rings. The molecule has 20 heavy (non-hydrogen) atoms. The molecule has 2 aromatic carbocycles. The first-order valence-electron chi connectivity index (χ1n) is 6.42. The van der Waals surface area contributed by atoms with Crippen LogP contribution in [0.2, 0.25) is 0 Å². The molecule has 0 spiro atoms. The van der Waals surface area contributed by atoms with Crippen molar-refractivity contribution in [3.8, 4) is 0 Å². The smallest absolute Gasteiger partial charge is 0.408 e. The Hall–Kier alpha value is -2.33. The second-order valence-electron chi connectivity index (χ2n) is 4.35. The maximum absolute atomic E-state index is 11.7. The van der Waals surface area contributed by atoms with E-state index >= 15 is 0 Å². The van der Waals surface area contributed by atoms with Crippen LogP contribution in [-0.4, -0.2) is 17.8 Å². The maximum atomic E-state index is 11.7. The summed E-state index contributed by atoms with van der Waals surface area (Å²) in [5.41, 5.74) is 1.76. The van der Waals surface area contributed by atoms with Crippen LogP contribution in [0.15, 0.2) is 60.7 Å². The van der Waals surface area contributed by atoms with Crippen LogP contribution in [0.1, 0.15) is 17.2 Å². The number of aliphatic hydroxyl groups is 1. The lowest BCUT2D eigenvalue weighted by Crippen LogP contribution is -2.31. The Morgan fingerprint density at radius 2 is 1.65 bits per heavy atom. The minimum absolute atomic E-state index is 0.176. The van der Waals surface area contributed by atoms with Crippen molar-refractivity contribution in [1.29, 1.82) is 0 Å². The van der Waals surface area contributed by atoms with E-state index in [1.807, 2.05) is 60.7 Å². The third kappa shape index (κ3) is 4.10. The predicted octanol–water partition coefficient (Wildman–Crippen LogP) is 2.65. The summed E-state index contributed by atoms with van der Waals surface area (Å²) < 4.78 is 5.12. The summed E-state index contributed by atoms with van der Waals surface area (Å²) in [4.78, 5) is 11.7. The quantitative estimate of drug-likeness (QED) is 0.879. The van der Waals surface area contributed by atoms with Gasteiger partial charge in [0.15, 0.2) is 0 Å².